The molecule has 100 valence electrons. The lowest BCUT2D eigenvalue weighted by Gasteiger charge is -2.03. The van der Waals surface area contributed by atoms with E-state index in [0.717, 1.165) is 16.9 Å². The second-order valence-corrected chi connectivity index (χ2v) is 4.83. The zero-order chi connectivity index (χ0) is 13.8. The fourth-order valence-corrected chi connectivity index (χ4v) is 2.16. The third-order valence-electron chi connectivity index (χ3n) is 2.30. The van der Waals surface area contributed by atoms with Crippen molar-refractivity contribution in [3.05, 3.63) is 45.9 Å². The van der Waals surface area contributed by atoms with E-state index in [1.165, 1.54) is 5.38 Å². The van der Waals surface area contributed by atoms with E-state index in [1.807, 2.05) is 13.0 Å². The van der Waals surface area contributed by atoms with E-state index in [0.29, 0.717) is 11.4 Å². The van der Waals surface area contributed by atoms with Crippen molar-refractivity contribution in [1.29, 1.82) is 0 Å². The Morgan fingerprint density at radius 3 is 2.89 bits per heavy atom. The molecule has 0 atom stereocenters. The zero-order valence-electron chi connectivity index (χ0n) is 10.1. The van der Waals surface area contributed by atoms with Crippen molar-refractivity contribution in [2.75, 3.05) is 0 Å². The number of benzene rings is 1. The summed E-state index contributed by atoms with van der Waals surface area (Å²) in [7, 11) is 0. The highest BCUT2D eigenvalue weighted by molar-refractivity contribution is 7.09. The predicted octanol–water partition coefficient (Wildman–Crippen LogP) is 3.54. The number of aromatic nitrogens is 1. The number of carbonyl (C=O) groups is 1. The Morgan fingerprint density at radius 1 is 1.47 bits per heavy atom. The van der Waals surface area contributed by atoms with Gasteiger partial charge in [0, 0.05) is 5.38 Å². The molecule has 0 radical (unpaired) electrons. The molecule has 0 saturated carbocycles. The van der Waals surface area contributed by atoms with Crippen molar-refractivity contribution in [3.8, 4) is 5.75 Å². The molecule has 1 heterocycles. The van der Waals surface area contributed by atoms with Gasteiger partial charge in [0.05, 0.1) is 12.1 Å². The number of nitrogens with zero attached hydrogens (tertiary/aromatic N) is 1. The van der Waals surface area contributed by atoms with Crippen molar-refractivity contribution < 1.29 is 18.3 Å². The number of hydrogen-bond donors (Lipinski definition) is 0. The maximum Gasteiger partial charge on any atom is 0.317 e. The number of esters is 1. The highest BCUT2D eigenvalue weighted by Gasteiger charge is 2.15. The first-order valence-electron chi connectivity index (χ1n) is 5.54. The number of hydrogen-bond acceptors (Lipinski definition) is 4. The Morgan fingerprint density at radius 2 is 2.26 bits per heavy atom. The second-order valence-electron chi connectivity index (χ2n) is 3.95. The van der Waals surface area contributed by atoms with Crippen molar-refractivity contribution >= 4 is 17.3 Å². The van der Waals surface area contributed by atoms with Gasteiger partial charge in [-0.1, -0.05) is 12.1 Å². The summed E-state index contributed by atoms with van der Waals surface area (Å²) in [6.07, 6.45) is -2.72. The molecule has 0 N–H and O–H groups in total. The lowest BCUT2D eigenvalue weighted by atomic mass is 10.2. The van der Waals surface area contributed by atoms with Gasteiger partial charge < -0.3 is 4.74 Å². The number of alkyl halides is 2. The fraction of sp³-hybridized carbons (Fsp3) is 0.231. The maximum absolute atomic E-state index is 12.3. The molecule has 2 rings (SSSR count). The van der Waals surface area contributed by atoms with Crippen LogP contribution in [0.2, 0.25) is 0 Å². The Bertz CT molecular complexity index is 584. The molecule has 0 amide bonds. The van der Waals surface area contributed by atoms with E-state index in [4.69, 9.17) is 4.74 Å². The average Bonchev–Trinajstić information content (AvgIpc) is 2.77. The molecule has 1 aromatic carbocycles. The summed E-state index contributed by atoms with van der Waals surface area (Å²) >= 11 is 0.839. The van der Waals surface area contributed by atoms with E-state index in [2.05, 4.69) is 4.98 Å². The topological polar surface area (TPSA) is 39.2 Å². The standard InChI is InChI=1S/C13H11F2NO2S/c1-8-3-2-4-10(5-8)18-11(17)6-9-7-19-13(16-9)12(14)15/h2-5,7,12H,6H2,1H3. The van der Waals surface area contributed by atoms with Gasteiger partial charge in [0.2, 0.25) is 0 Å². The minimum absolute atomic E-state index is 0.114. The smallest absolute Gasteiger partial charge is 0.317 e. The van der Waals surface area contributed by atoms with Crippen LogP contribution in [0.1, 0.15) is 22.7 Å². The zero-order valence-corrected chi connectivity index (χ0v) is 10.9. The molecular weight excluding hydrogens is 272 g/mol. The first-order chi connectivity index (χ1) is 9.04. The van der Waals surface area contributed by atoms with E-state index in [-0.39, 0.29) is 11.4 Å². The highest BCUT2D eigenvalue weighted by Crippen LogP contribution is 2.23. The maximum atomic E-state index is 12.3. The molecule has 0 bridgehead atoms. The molecule has 6 heteroatoms. The van der Waals surface area contributed by atoms with E-state index in [9.17, 15) is 13.6 Å². The van der Waals surface area contributed by atoms with E-state index in [1.54, 1.807) is 18.2 Å². The van der Waals surface area contributed by atoms with Crippen LogP contribution in [0.4, 0.5) is 8.78 Å². The van der Waals surface area contributed by atoms with E-state index >= 15 is 0 Å². The number of halogens is 2. The molecular formula is C13H11F2NO2S. The molecule has 0 saturated heterocycles. The Balaban J connectivity index is 1.97. The van der Waals surface area contributed by atoms with Crippen LogP contribution in [0.15, 0.2) is 29.6 Å². The summed E-state index contributed by atoms with van der Waals surface area (Å²) in [5.74, 6) is -0.0778. The molecule has 3 nitrogen and oxygen atoms in total. The van der Waals surface area contributed by atoms with Crippen LogP contribution in [0.5, 0.6) is 5.75 Å². The van der Waals surface area contributed by atoms with Crippen LogP contribution >= 0.6 is 11.3 Å². The van der Waals surface area contributed by atoms with Crippen LogP contribution in [-0.4, -0.2) is 11.0 Å². The Labute approximate surface area is 112 Å². The van der Waals surface area contributed by atoms with Gasteiger partial charge in [0.15, 0.2) is 5.01 Å². The lowest BCUT2D eigenvalue weighted by molar-refractivity contribution is -0.133. The van der Waals surface area contributed by atoms with Crippen LogP contribution in [0.25, 0.3) is 0 Å². The molecule has 19 heavy (non-hydrogen) atoms. The van der Waals surface area contributed by atoms with Crippen LogP contribution < -0.4 is 4.74 Å². The first kappa shape index (κ1) is 13.6. The van der Waals surface area contributed by atoms with Crippen LogP contribution in [-0.2, 0) is 11.2 Å². The minimum Gasteiger partial charge on any atom is -0.426 e. The summed E-state index contributed by atoms with van der Waals surface area (Å²) in [6, 6.07) is 7.04. The number of aryl methyl sites for hydroxylation is 1. The van der Waals surface area contributed by atoms with Crippen LogP contribution in [0.3, 0.4) is 0 Å². The predicted molar refractivity (Wildman–Crippen MR) is 67.6 cm³/mol. The molecule has 0 aliphatic carbocycles. The van der Waals surface area contributed by atoms with Gasteiger partial charge in [-0.05, 0) is 24.6 Å². The lowest BCUT2D eigenvalue weighted by Crippen LogP contribution is -2.11. The Kier molecular flexibility index (Phi) is 4.21. The van der Waals surface area contributed by atoms with Crippen molar-refractivity contribution in [2.24, 2.45) is 0 Å². The summed E-state index contributed by atoms with van der Waals surface area (Å²) in [4.78, 5) is 15.3. The number of thiazole rings is 1. The molecule has 0 spiro atoms. The van der Waals surface area contributed by atoms with Gasteiger partial charge in [0.25, 0.3) is 6.43 Å². The largest absolute Gasteiger partial charge is 0.426 e. The summed E-state index contributed by atoms with van der Waals surface area (Å²) in [6.45, 7) is 1.88. The average molecular weight is 283 g/mol. The quantitative estimate of drug-likeness (QED) is 0.636. The molecule has 2 aromatic rings. The molecule has 0 aliphatic rings. The molecule has 0 fully saturated rings. The van der Waals surface area contributed by atoms with Gasteiger partial charge in [-0.3, -0.25) is 4.79 Å². The minimum atomic E-state index is -2.61. The summed E-state index contributed by atoms with van der Waals surface area (Å²) in [5.41, 5.74) is 1.27. The number of rotatable bonds is 4. The third-order valence-corrected chi connectivity index (χ3v) is 3.20. The van der Waals surface area contributed by atoms with Gasteiger partial charge >= 0.3 is 5.97 Å². The van der Waals surface area contributed by atoms with Gasteiger partial charge in [-0.25, -0.2) is 13.8 Å². The fourth-order valence-electron chi connectivity index (χ4n) is 1.50. The van der Waals surface area contributed by atoms with Crippen molar-refractivity contribution in [3.63, 3.8) is 0 Å². The highest BCUT2D eigenvalue weighted by atomic mass is 32.1. The monoisotopic (exact) mass is 283 g/mol. The molecule has 0 aliphatic heterocycles. The second kappa shape index (κ2) is 5.88. The van der Waals surface area contributed by atoms with Gasteiger partial charge in [0.1, 0.15) is 5.75 Å². The molecule has 0 unspecified atom stereocenters. The Hall–Kier alpha value is -1.82. The summed E-state index contributed by atoms with van der Waals surface area (Å²) in [5, 5.41) is 1.16. The normalized spacial score (nSPS) is 10.7. The number of carbonyl (C=O) groups excluding carboxylic acids is 1. The SMILES string of the molecule is Cc1cccc(OC(=O)Cc2csc(C(F)F)n2)c1. The van der Waals surface area contributed by atoms with E-state index < -0.39 is 12.4 Å². The van der Waals surface area contributed by atoms with Crippen molar-refractivity contribution in [2.45, 2.75) is 19.8 Å². The van der Waals surface area contributed by atoms with Crippen LogP contribution in [0, 0.1) is 6.92 Å². The summed E-state index contributed by atoms with van der Waals surface area (Å²) < 4.78 is 29.8. The first-order valence-corrected chi connectivity index (χ1v) is 6.42. The van der Waals surface area contributed by atoms with Crippen molar-refractivity contribution in [1.82, 2.24) is 4.98 Å². The number of ether oxygens (including phenoxy) is 1. The third kappa shape index (κ3) is 3.82. The van der Waals surface area contributed by atoms with Gasteiger partial charge in [-0.2, -0.15) is 0 Å². The van der Waals surface area contributed by atoms with Gasteiger partial charge in [-0.15, -0.1) is 11.3 Å². The molecule has 1 aromatic heterocycles.